The van der Waals surface area contributed by atoms with Gasteiger partial charge in [0.1, 0.15) is 0 Å². The van der Waals surface area contributed by atoms with E-state index in [1.165, 1.54) is 0 Å². The zero-order valence-corrected chi connectivity index (χ0v) is 8.93. The molecule has 2 heteroatoms. The first-order valence-electron chi connectivity index (χ1n) is 3.94. The van der Waals surface area contributed by atoms with E-state index in [2.05, 4.69) is 29.5 Å². The second-order valence-corrected chi connectivity index (χ2v) is 3.69. The van der Waals surface area contributed by atoms with E-state index in [9.17, 15) is 5.11 Å². The van der Waals surface area contributed by atoms with E-state index in [0.717, 1.165) is 23.7 Å². The van der Waals surface area contributed by atoms with Crippen LogP contribution < -0.4 is 0 Å². The summed E-state index contributed by atoms with van der Waals surface area (Å²) in [5, 5.41) is 11.2. The molecule has 10 heavy (non-hydrogen) atoms. The first-order chi connectivity index (χ1) is 4.72. The van der Waals surface area contributed by atoms with Gasteiger partial charge >= 0.3 is 0 Å². The third-order valence-corrected chi connectivity index (χ3v) is 3.11. The Kier molecular flexibility index (Phi) is 6.85. The molecule has 61 valence electrons. The van der Waals surface area contributed by atoms with E-state index < -0.39 is 0 Å². The highest BCUT2D eigenvalue weighted by Gasteiger charge is 2.12. The third-order valence-electron chi connectivity index (χ3n) is 1.72. The first-order valence-corrected chi connectivity index (χ1v) is 5.46. The van der Waals surface area contributed by atoms with E-state index in [0.29, 0.717) is 5.92 Å². The Balaban J connectivity index is 3.31. The number of hydrogen-bond acceptors (Lipinski definition) is 0. The maximum Gasteiger partial charge on any atom is 0.0962 e. The van der Waals surface area contributed by atoms with E-state index in [1.54, 1.807) is 0 Å². The number of unbranched alkanes of at least 4 members (excludes halogenated alkanes) is 1. The lowest BCUT2D eigenvalue weighted by molar-refractivity contribution is 0.0434. The average Bonchev–Trinajstić information content (AvgIpc) is 1.98. The Labute approximate surface area is 77.3 Å². The van der Waals surface area contributed by atoms with Gasteiger partial charge in [-0.25, -0.2) is 5.11 Å². The van der Waals surface area contributed by atoms with Crippen LogP contribution in [0.3, 0.4) is 0 Å². The Bertz CT molecular complexity index is 75.7. The molecular formula is C8H16IO. The van der Waals surface area contributed by atoms with Crippen LogP contribution in [0.2, 0.25) is 0 Å². The van der Waals surface area contributed by atoms with Crippen LogP contribution in [0.5, 0.6) is 0 Å². The van der Waals surface area contributed by atoms with Crippen LogP contribution in [-0.2, 0) is 5.11 Å². The fourth-order valence-electron chi connectivity index (χ4n) is 0.789. The molecule has 0 N–H and O–H groups in total. The van der Waals surface area contributed by atoms with Gasteiger partial charge < -0.3 is 0 Å². The van der Waals surface area contributed by atoms with Crippen LogP contribution in [-0.4, -0.2) is 10.5 Å². The van der Waals surface area contributed by atoms with Crippen molar-refractivity contribution in [2.45, 2.75) is 39.2 Å². The molecule has 0 aliphatic carbocycles. The molecule has 0 aliphatic rings. The second-order valence-electron chi connectivity index (χ2n) is 2.81. The summed E-state index contributed by atoms with van der Waals surface area (Å²) in [5.74, 6) is 0.354. The summed E-state index contributed by atoms with van der Waals surface area (Å²) in [6.45, 7) is 4.17. The van der Waals surface area contributed by atoms with Crippen molar-refractivity contribution >= 4 is 22.6 Å². The molecule has 0 saturated heterocycles. The van der Waals surface area contributed by atoms with Crippen molar-refractivity contribution in [3.05, 3.63) is 0 Å². The van der Waals surface area contributed by atoms with Gasteiger partial charge in [-0.05, 0) is 12.3 Å². The van der Waals surface area contributed by atoms with E-state index in [4.69, 9.17) is 0 Å². The molecule has 0 aliphatic heterocycles. The van der Waals surface area contributed by atoms with Gasteiger partial charge in [0.15, 0.2) is 0 Å². The summed E-state index contributed by atoms with van der Waals surface area (Å²) >= 11 is 2.28. The minimum absolute atomic E-state index is 0.322. The predicted molar refractivity (Wildman–Crippen MR) is 52.1 cm³/mol. The molecule has 0 aromatic rings. The molecule has 1 radical (unpaired) electrons. The number of rotatable bonds is 5. The van der Waals surface area contributed by atoms with E-state index in [1.807, 2.05) is 6.92 Å². The van der Waals surface area contributed by atoms with Crippen LogP contribution in [0.15, 0.2) is 0 Å². The van der Waals surface area contributed by atoms with Gasteiger partial charge in [-0.2, -0.15) is 0 Å². The largest absolute Gasteiger partial charge is 0.233 e. The molecule has 0 heterocycles. The maximum atomic E-state index is 11.2. The molecule has 0 bridgehead atoms. The van der Waals surface area contributed by atoms with Crippen molar-refractivity contribution in [3.8, 4) is 0 Å². The Morgan fingerprint density at radius 3 is 2.50 bits per heavy atom. The van der Waals surface area contributed by atoms with Gasteiger partial charge in [-0.15, -0.1) is 0 Å². The molecule has 0 saturated carbocycles. The SMILES string of the molecule is CCCCC([O])C(C)CI. The molecule has 1 nitrogen and oxygen atoms in total. The summed E-state index contributed by atoms with van der Waals surface area (Å²) in [7, 11) is 0. The molecule has 0 aromatic heterocycles. The molecule has 0 amide bonds. The Morgan fingerprint density at radius 1 is 1.50 bits per heavy atom. The van der Waals surface area contributed by atoms with Crippen molar-refractivity contribution in [1.82, 2.24) is 0 Å². The summed E-state index contributed by atoms with van der Waals surface area (Å²) in [6, 6.07) is 0. The molecule has 0 spiro atoms. The lowest BCUT2D eigenvalue weighted by atomic mass is 10.0. The summed E-state index contributed by atoms with van der Waals surface area (Å²) in [6.07, 6.45) is 2.78. The Morgan fingerprint density at radius 2 is 2.10 bits per heavy atom. The van der Waals surface area contributed by atoms with Gasteiger partial charge in [0.05, 0.1) is 6.10 Å². The van der Waals surface area contributed by atoms with Crippen LogP contribution in [0.4, 0.5) is 0 Å². The molecule has 0 aromatic carbocycles. The topological polar surface area (TPSA) is 19.9 Å². The molecule has 0 fully saturated rings. The van der Waals surface area contributed by atoms with Crippen molar-refractivity contribution in [1.29, 1.82) is 0 Å². The summed E-state index contributed by atoms with van der Waals surface area (Å²) < 4.78 is 0.996. The average molecular weight is 255 g/mol. The highest BCUT2D eigenvalue weighted by molar-refractivity contribution is 14.1. The third kappa shape index (κ3) is 4.50. The van der Waals surface area contributed by atoms with Crippen molar-refractivity contribution < 1.29 is 5.11 Å². The predicted octanol–water partition coefficient (Wildman–Crippen LogP) is 3.05. The smallest absolute Gasteiger partial charge is 0.0962 e. The van der Waals surface area contributed by atoms with Crippen molar-refractivity contribution in [2.75, 3.05) is 4.43 Å². The van der Waals surface area contributed by atoms with E-state index >= 15 is 0 Å². The van der Waals surface area contributed by atoms with Gasteiger partial charge in [-0.3, -0.25) is 0 Å². The van der Waals surface area contributed by atoms with Gasteiger partial charge in [-0.1, -0.05) is 49.3 Å². The zero-order chi connectivity index (χ0) is 7.98. The first kappa shape index (κ1) is 10.7. The van der Waals surface area contributed by atoms with E-state index in [-0.39, 0.29) is 6.10 Å². The minimum Gasteiger partial charge on any atom is -0.233 e. The molecule has 2 unspecified atom stereocenters. The lowest BCUT2D eigenvalue weighted by Crippen LogP contribution is -2.16. The second kappa shape index (κ2) is 6.40. The fraction of sp³-hybridized carbons (Fsp3) is 1.00. The highest BCUT2D eigenvalue weighted by atomic mass is 127. The number of halogens is 1. The van der Waals surface area contributed by atoms with Crippen molar-refractivity contribution in [2.24, 2.45) is 5.92 Å². The van der Waals surface area contributed by atoms with Gasteiger partial charge in [0.25, 0.3) is 0 Å². The number of hydrogen-bond donors (Lipinski definition) is 0. The summed E-state index contributed by atoms with van der Waals surface area (Å²) in [5.41, 5.74) is 0. The summed E-state index contributed by atoms with van der Waals surface area (Å²) in [4.78, 5) is 0. The quantitative estimate of drug-likeness (QED) is 0.531. The molecular weight excluding hydrogens is 239 g/mol. The monoisotopic (exact) mass is 255 g/mol. The lowest BCUT2D eigenvalue weighted by Gasteiger charge is -2.12. The maximum absolute atomic E-state index is 11.2. The number of alkyl halides is 1. The van der Waals surface area contributed by atoms with Crippen LogP contribution in [0.25, 0.3) is 0 Å². The van der Waals surface area contributed by atoms with Crippen LogP contribution in [0.1, 0.15) is 33.1 Å². The van der Waals surface area contributed by atoms with Gasteiger partial charge in [0, 0.05) is 4.43 Å². The van der Waals surface area contributed by atoms with Crippen LogP contribution >= 0.6 is 22.6 Å². The normalized spacial score (nSPS) is 16.8. The minimum atomic E-state index is -0.322. The fourth-order valence-corrected chi connectivity index (χ4v) is 1.36. The van der Waals surface area contributed by atoms with Crippen LogP contribution in [0, 0.1) is 5.92 Å². The van der Waals surface area contributed by atoms with Gasteiger partial charge in [0.2, 0.25) is 0 Å². The van der Waals surface area contributed by atoms with Crippen molar-refractivity contribution in [3.63, 3.8) is 0 Å². The standard InChI is InChI=1S/C8H16IO/c1-3-4-5-8(10)7(2)6-9/h7-8H,3-6H2,1-2H3. The zero-order valence-electron chi connectivity index (χ0n) is 6.77. The Hall–Kier alpha value is 0.690. The molecule has 0 rings (SSSR count). The molecule has 2 atom stereocenters. The highest BCUT2D eigenvalue weighted by Crippen LogP contribution is 2.13.